The van der Waals surface area contributed by atoms with Crippen LogP contribution in [0.2, 0.25) is 19.6 Å². The Morgan fingerprint density at radius 2 is 1.67 bits per heavy atom. The van der Waals surface area contributed by atoms with E-state index in [1.165, 1.54) is 9.76 Å². The molecule has 0 aliphatic rings. The van der Waals surface area contributed by atoms with Gasteiger partial charge in [0.15, 0.2) is 0 Å². The highest BCUT2D eigenvalue weighted by atomic mass is 29.6. The van der Waals surface area contributed by atoms with Crippen molar-refractivity contribution in [1.82, 2.24) is 0 Å². The molecule has 1 unspecified atom stereocenters. The van der Waals surface area contributed by atoms with Crippen LogP contribution in [0, 0.1) is 0 Å². The molecule has 1 aromatic rings. The first-order chi connectivity index (χ1) is 5.55. The monoisotopic (exact) mass is 210 g/mol. The Labute approximate surface area is 80.6 Å². The zero-order valence-corrected chi connectivity index (χ0v) is 12.6. The SMILES string of the molecule is C[SiH]([SiH3])[Si](C)(C)c1ccccc1. The minimum absolute atomic E-state index is 0.328. The molecule has 12 heavy (non-hydrogen) atoms. The summed E-state index contributed by atoms with van der Waals surface area (Å²) in [6, 6.07) is 11.1. The van der Waals surface area contributed by atoms with Gasteiger partial charge in [-0.25, -0.2) is 0 Å². The first-order valence-electron chi connectivity index (χ1n) is 4.60. The standard InChI is InChI=1S/C9H18Si3/c1-11(10)12(2,3)9-7-5-4-6-8-9/h4-8,11H,1-3,10H3. The van der Waals surface area contributed by atoms with Gasteiger partial charge in [-0.2, -0.15) is 0 Å². The van der Waals surface area contributed by atoms with E-state index in [4.69, 9.17) is 0 Å². The summed E-state index contributed by atoms with van der Waals surface area (Å²) in [4.78, 5) is 0. The molecule has 1 aromatic carbocycles. The number of benzene rings is 1. The van der Waals surface area contributed by atoms with Crippen molar-refractivity contribution in [1.29, 1.82) is 0 Å². The van der Waals surface area contributed by atoms with Crippen LogP contribution in [0.1, 0.15) is 0 Å². The van der Waals surface area contributed by atoms with Crippen molar-refractivity contribution < 1.29 is 0 Å². The summed E-state index contributed by atoms with van der Waals surface area (Å²) in [5.41, 5.74) is 0. The average molecular weight is 211 g/mol. The van der Waals surface area contributed by atoms with E-state index in [1.807, 2.05) is 0 Å². The summed E-state index contributed by atoms with van der Waals surface area (Å²) in [7, 11) is 0.178. The molecule has 0 N–H and O–H groups in total. The molecular weight excluding hydrogens is 192 g/mol. The predicted molar refractivity (Wildman–Crippen MR) is 66.5 cm³/mol. The summed E-state index contributed by atoms with van der Waals surface area (Å²) < 4.78 is 0. The van der Waals surface area contributed by atoms with Gasteiger partial charge in [0.25, 0.3) is 0 Å². The lowest BCUT2D eigenvalue weighted by Gasteiger charge is -2.26. The van der Waals surface area contributed by atoms with Crippen LogP contribution in [-0.4, -0.2) is 25.2 Å². The van der Waals surface area contributed by atoms with E-state index in [9.17, 15) is 0 Å². The fourth-order valence-corrected chi connectivity index (χ4v) is 8.50. The van der Waals surface area contributed by atoms with Crippen molar-refractivity contribution in [2.75, 3.05) is 0 Å². The van der Waals surface area contributed by atoms with E-state index >= 15 is 0 Å². The normalized spacial score (nSPS) is 14.6. The van der Waals surface area contributed by atoms with E-state index < -0.39 is 7.59 Å². The molecule has 0 aliphatic carbocycles. The summed E-state index contributed by atoms with van der Waals surface area (Å²) >= 11 is 0. The Hall–Kier alpha value is -0.129. The molecule has 0 bridgehead atoms. The Balaban J connectivity index is 2.98. The maximum Gasteiger partial charge on any atom is 0.0669 e. The van der Waals surface area contributed by atoms with Crippen molar-refractivity contribution in [2.45, 2.75) is 19.6 Å². The molecule has 0 aromatic heterocycles. The van der Waals surface area contributed by atoms with E-state index in [0.29, 0.717) is 0 Å². The van der Waals surface area contributed by atoms with Crippen LogP contribution < -0.4 is 5.19 Å². The predicted octanol–water partition coefficient (Wildman–Crippen LogP) is 0.399. The average Bonchev–Trinajstić information content (AvgIpc) is 2.06. The lowest BCUT2D eigenvalue weighted by Crippen LogP contribution is -2.54. The van der Waals surface area contributed by atoms with Gasteiger partial charge in [0.05, 0.1) is 7.59 Å². The molecule has 0 heterocycles. The third-order valence-electron chi connectivity index (χ3n) is 2.96. The highest BCUT2D eigenvalue weighted by Gasteiger charge is 2.27. The second-order valence-corrected chi connectivity index (χ2v) is 27.0. The van der Waals surface area contributed by atoms with Gasteiger partial charge in [0.2, 0.25) is 0 Å². The van der Waals surface area contributed by atoms with E-state index in [-0.39, 0.29) is 7.83 Å². The van der Waals surface area contributed by atoms with Crippen molar-refractivity contribution in [3.8, 4) is 0 Å². The second kappa shape index (κ2) is 3.72. The van der Waals surface area contributed by atoms with Crippen molar-refractivity contribution in [3.05, 3.63) is 30.3 Å². The van der Waals surface area contributed by atoms with Gasteiger partial charge in [-0.1, -0.05) is 55.2 Å². The Morgan fingerprint density at radius 1 is 1.17 bits per heavy atom. The minimum Gasteiger partial charge on any atom is -0.0761 e. The number of hydrogen-bond donors (Lipinski definition) is 0. The van der Waals surface area contributed by atoms with E-state index in [0.717, 1.165) is 0 Å². The molecule has 66 valence electrons. The molecule has 1 atom stereocenters. The molecule has 0 radical (unpaired) electrons. The summed E-state index contributed by atoms with van der Waals surface area (Å²) in [5.74, 6) is 0. The summed E-state index contributed by atoms with van der Waals surface area (Å²) in [5, 5.41) is 1.67. The van der Waals surface area contributed by atoms with Crippen LogP contribution in [0.4, 0.5) is 0 Å². The molecule has 0 nitrogen and oxygen atoms in total. The Kier molecular flexibility index (Phi) is 3.09. The fraction of sp³-hybridized carbons (Fsp3) is 0.333. The highest BCUT2D eigenvalue weighted by Crippen LogP contribution is 2.05. The topological polar surface area (TPSA) is 0 Å². The van der Waals surface area contributed by atoms with Crippen LogP contribution in [0.25, 0.3) is 0 Å². The number of hydrogen-bond acceptors (Lipinski definition) is 0. The molecule has 0 amide bonds. The summed E-state index contributed by atoms with van der Waals surface area (Å²) in [6.45, 7) is 7.60. The Bertz CT molecular complexity index is 241. The maximum atomic E-state index is 2.53. The number of rotatable bonds is 2. The van der Waals surface area contributed by atoms with Crippen LogP contribution in [0.3, 0.4) is 0 Å². The van der Waals surface area contributed by atoms with Crippen LogP contribution >= 0.6 is 0 Å². The maximum absolute atomic E-state index is 2.53. The van der Waals surface area contributed by atoms with Crippen LogP contribution in [0.5, 0.6) is 0 Å². The van der Waals surface area contributed by atoms with Gasteiger partial charge in [-0.05, 0) is 9.76 Å². The van der Waals surface area contributed by atoms with E-state index in [1.54, 1.807) is 5.19 Å². The molecule has 0 saturated heterocycles. The quantitative estimate of drug-likeness (QED) is 0.620. The third kappa shape index (κ3) is 1.97. The molecule has 3 heteroatoms. The van der Waals surface area contributed by atoms with E-state index in [2.05, 4.69) is 50.0 Å². The fourth-order valence-electron chi connectivity index (χ4n) is 1.20. The lowest BCUT2D eigenvalue weighted by molar-refractivity contribution is 1.73. The lowest BCUT2D eigenvalue weighted by atomic mass is 10.4. The van der Waals surface area contributed by atoms with Gasteiger partial charge in [-0.15, -0.1) is 0 Å². The summed E-state index contributed by atoms with van der Waals surface area (Å²) in [6.07, 6.45) is 0. The van der Waals surface area contributed by atoms with Crippen molar-refractivity contribution >= 4 is 30.4 Å². The molecule has 1 rings (SSSR count). The molecule has 0 spiro atoms. The largest absolute Gasteiger partial charge is 0.0761 e. The second-order valence-electron chi connectivity index (χ2n) is 4.24. The zero-order valence-electron chi connectivity index (χ0n) is 8.46. The first kappa shape index (κ1) is 9.95. The molecule has 0 fully saturated rings. The van der Waals surface area contributed by atoms with Gasteiger partial charge in [0, 0.05) is 7.83 Å². The van der Waals surface area contributed by atoms with Crippen LogP contribution in [0.15, 0.2) is 30.3 Å². The minimum atomic E-state index is -0.956. The highest BCUT2D eigenvalue weighted by molar-refractivity contribution is 7.51. The van der Waals surface area contributed by atoms with Crippen molar-refractivity contribution in [3.63, 3.8) is 0 Å². The Morgan fingerprint density at radius 3 is 2.08 bits per heavy atom. The first-order valence-corrected chi connectivity index (χ1v) is 15.2. The zero-order chi connectivity index (χ0) is 9.19. The smallest absolute Gasteiger partial charge is 0.0669 e. The van der Waals surface area contributed by atoms with Gasteiger partial charge >= 0.3 is 0 Å². The van der Waals surface area contributed by atoms with Gasteiger partial charge in [0.1, 0.15) is 0 Å². The molecule has 0 saturated carbocycles. The van der Waals surface area contributed by atoms with Crippen molar-refractivity contribution in [2.24, 2.45) is 0 Å². The van der Waals surface area contributed by atoms with Gasteiger partial charge < -0.3 is 0 Å². The van der Waals surface area contributed by atoms with Crippen LogP contribution in [-0.2, 0) is 0 Å². The molecular formula is C9H18Si3. The third-order valence-corrected chi connectivity index (χ3v) is 30.3. The van der Waals surface area contributed by atoms with Gasteiger partial charge in [-0.3, -0.25) is 0 Å². The molecule has 0 aliphatic heterocycles.